The van der Waals surface area contributed by atoms with Gasteiger partial charge >= 0.3 is 6.09 Å². The third-order valence-electron chi connectivity index (χ3n) is 4.04. The number of aromatic nitrogens is 2. The Hall–Kier alpha value is -3.61. The summed E-state index contributed by atoms with van der Waals surface area (Å²) < 4.78 is 5.29. The fourth-order valence-electron chi connectivity index (χ4n) is 2.68. The first-order valence-electron chi connectivity index (χ1n) is 9.80. The van der Waals surface area contributed by atoms with Crippen molar-refractivity contribution in [2.45, 2.75) is 39.5 Å². The average molecular weight is 406 g/mol. The first kappa shape index (κ1) is 21.1. The molecule has 0 saturated heterocycles. The quantitative estimate of drug-likeness (QED) is 0.510. The molecule has 0 aliphatic carbocycles. The minimum Gasteiger partial charge on any atom is -0.444 e. The number of hydrogen-bond donors (Lipinski definition) is 3. The normalized spacial score (nSPS) is 10.9. The fraction of sp³-hybridized carbons (Fsp3) is 0.261. The van der Waals surface area contributed by atoms with Crippen LogP contribution in [0.2, 0.25) is 0 Å². The number of carbonyl (C=O) groups excluding carboxylic acids is 1. The smallest absolute Gasteiger partial charge is 0.412 e. The molecule has 30 heavy (non-hydrogen) atoms. The van der Waals surface area contributed by atoms with Crippen LogP contribution in [0.4, 0.5) is 22.1 Å². The second-order valence-corrected chi connectivity index (χ2v) is 7.80. The molecule has 0 radical (unpaired) electrons. The van der Waals surface area contributed by atoms with Crippen LogP contribution in [0.5, 0.6) is 0 Å². The standard InChI is InChI=1S/C23H27N5O2/c1-23(2,3)30-22(29)28-20-7-4-6-19(14-20)26-15-17-8-10-18(11-9-17)16-27-21-24-12-5-13-25-21/h4-14,26H,15-16H2,1-3H3,(H,28,29)(H,24,25,27). The molecule has 7 heteroatoms. The van der Waals surface area contributed by atoms with Gasteiger partial charge in [-0.05, 0) is 56.2 Å². The van der Waals surface area contributed by atoms with Crippen molar-refractivity contribution in [3.05, 3.63) is 78.1 Å². The molecule has 7 nitrogen and oxygen atoms in total. The maximum Gasteiger partial charge on any atom is 0.412 e. The van der Waals surface area contributed by atoms with Crippen molar-refractivity contribution in [1.29, 1.82) is 0 Å². The van der Waals surface area contributed by atoms with E-state index in [4.69, 9.17) is 4.74 Å². The van der Waals surface area contributed by atoms with Crippen LogP contribution in [0.3, 0.4) is 0 Å². The molecular formula is C23H27N5O2. The SMILES string of the molecule is CC(C)(C)OC(=O)Nc1cccc(NCc2ccc(CNc3ncccn3)cc2)c1. The molecule has 0 atom stereocenters. The topological polar surface area (TPSA) is 88.2 Å². The Balaban J connectivity index is 1.50. The molecule has 0 saturated carbocycles. The molecule has 1 heterocycles. The van der Waals surface area contributed by atoms with Crippen LogP contribution < -0.4 is 16.0 Å². The Kier molecular flexibility index (Phi) is 6.85. The number of nitrogens with zero attached hydrogens (tertiary/aromatic N) is 2. The van der Waals surface area contributed by atoms with Gasteiger partial charge in [-0.2, -0.15) is 0 Å². The minimum absolute atomic E-state index is 0.468. The van der Waals surface area contributed by atoms with Gasteiger partial charge < -0.3 is 15.4 Å². The summed E-state index contributed by atoms with van der Waals surface area (Å²) in [4.78, 5) is 20.2. The van der Waals surface area contributed by atoms with Crippen LogP contribution in [0, 0.1) is 0 Å². The summed E-state index contributed by atoms with van der Waals surface area (Å²) in [7, 11) is 0. The van der Waals surface area contributed by atoms with Crippen molar-refractivity contribution < 1.29 is 9.53 Å². The third kappa shape index (κ3) is 7.09. The van der Waals surface area contributed by atoms with E-state index in [9.17, 15) is 4.79 Å². The van der Waals surface area contributed by atoms with Crippen LogP contribution >= 0.6 is 0 Å². The number of carbonyl (C=O) groups is 1. The number of rotatable bonds is 7. The van der Waals surface area contributed by atoms with Gasteiger partial charge in [0.05, 0.1) is 0 Å². The summed E-state index contributed by atoms with van der Waals surface area (Å²) in [5.74, 6) is 0.614. The Morgan fingerprint density at radius 2 is 1.47 bits per heavy atom. The van der Waals surface area contributed by atoms with Gasteiger partial charge in [-0.3, -0.25) is 5.32 Å². The molecule has 3 aromatic rings. The first-order chi connectivity index (χ1) is 14.4. The number of nitrogens with one attached hydrogen (secondary N) is 3. The Morgan fingerprint density at radius 3 is 2.10 bits per heavy atom. The minimum atomic E-state index is -0.532. The molecule has 3 N–H and O–H groups in total. The largest absolute Gasteiger partial charge is 0.444 e. The number of amides is 1. The second kappa shape index (κ2) is 9.73. The van der Waals surface area contributed by atoms with E-state index < -0.39 is 11.7 Å². The maximum atomic E-state index is 11.9. The summed E-state index contributed by atoms with van der Waals surface area (Å²) in [5, 5.41) is 9.32. The second-order valence-electron chi connectivity index (χ2n) is 7.80. The molecule has 0 aliphatic heterocycles. The van der Waals surface area contributed by atoms with Gasteiger partial charge in [-0.15, -0.1) is 0 Å². The van der Waals surface area contributed by atoms with Gasteiger partial charge in [-0.1, -0.05) is 30.3 Å². The van der Waals surface area contributed by atoms with Crippen LogP contribution in [0.25, 0.3) is 0 Å². The lowest BCUT2D eigenvalue weighted by Gasteiger charge is -2.19. The van der Waals surface area contributed by atoms with E-state index in [1.807, 2.05) is 45.0 Å². The van der Waals surface area contributed by atoms with Gasteiger partial charge in [-0.25, -0.2) is 14.8 Å². The Bertz CT molecular complexity index is 953. The van der Waals surface area contributed by atoms with Gasteiger partial charge in [0.2, 0.25) is 5.95 Å². The third-order valence-corrected chi connectivity index (χ3v) is 4.04. The van der Waals surface area contributed by atoms with E-state index in [1.165, 1.54) is 0 Å². The molecular weight excluding hydrogens is 378 g/mol. The molecule has 0 unspecified atom stereocenters. The highest BCUT2D eigenvalue weighted by atomic mass is 16.6. The average Bonchev–Trinajstić information content (AvgIpc) is 2.71. The lowest BCUT2D eigenvalue weighted by atomic mass is 10.1. The highest BCUT2D eigenvalue weighted by Crippen LogP contribution is 2.18. The van der Waals surface area contributed by atoms with Crippen LogP contribution in [-0.2, 0) is 17.8 Å². The van der Waals surface area contributed by atoms with Gasteiger partial charge in [0.15, 0.2) is 0 Å². The van der Waals surface area contributed by atoms with Crippen molar-refractivity contribution in [3.63, 3.8) is 0 Å². The van der Waals surface area contributed by atoms with Gasteiger partial charge in [0, 0.05) is 36.9 Å². The summed E-state index contributed by atoms with van der Waals surface area (Å²) in [6.45, 7) is 6.84. The summed E-state index contributed by atoms with van der Waals surface area (Å²) in [5.41, 5.74) is 3.36. The summed E-state index contributed by atoms with van der Waals surface area (Å²) >= 11 is 0. The molecule has 0 spiro atoms. The molecule has 1 amide bonds. The Labute approximate surface area is 176 Å². The van der Waals surface area contributed by atoms with Crippen molar-refractivity contribution in [2.24, 2.45) is 0 Å². The van der Waals surface area contributed by atoms with Crippen LogP contribution in [0.15, 0.2) is 67.0 Å². The molecule has 156 valence electrons. The molecule has 0 fully saturated rings. The van der Waals surface area contributed by atoms with Crippen LogP contribution in [0.1, 0.15) is 31.9 Å². The maximum absolute atomic E-state index is 11.9. The highest BCUT2D eigenvalue weighted by molar-refractivity contribution is 5.85. The lowest BCUT2D eigenvalue weighted by Crippen LogP contribution is -2.27. The van der Waals surface area contributed by atoms with Crippen LogP contribution in [-0.4, -0.2) is 21.7 Å². The molecule has 2 aromatic carbocycles. The fourth-order valence-corrected chi connectivity index (χ4v) is 2.68. The van der Waals surface area contributed by atoms with Crippen molar-refractivity contribution in [1.82, 2.24) is 9.97 Å². The van der Waals surface area contributed by atoms with E-state index in [-0.39, 0.29) is 0 Å². The van der Waals surface area contributed by atoms with E-state index in [0.717, 1.165) is 16.8 Å². The molecule has 3 rings (SSSR count). The highest BCUT2D eigenvalue weighted by Gasteiger charge is 2.16. The molecule has 1 aromatic heterocycles. The monoisotopic (exact) mass is 405 g/mol. The zero-order chi connectivity index (χ0) is 21.4. The summed E-state index contributed by atoms with van der Waals surface area (Å²) in [6.07, 6.45) is 2.95. The van der Waals surface area contributed by atoms with Gasteiger partial charge in [0.1, 0.15) is 5.60 Å². The predicted molar refractivity (Wildman–Crippen MR) is 119 cm³/mol. The van der Waals surface area contributed by atoms with E-state index in [1.54, 1.807) is 18.5 Å². The number of anilines is 3. The van der Waals surface area contributed by atoms with Crippen molar-refractivity contribution in [3.8, 4) is 0 Å². The molecule has 0 aliphatic rings. The number of benzene rings is 2. The number of hydrogen-bond acceptors (Lipinski definition) is 6. The van der Waals surface area contributed by atoms with E-state index in [0.29, 0.717) is 24.7 Å². The van der Waals surface area contributed by atoms with Crippen molar-refractivity contribution in [2.75, 3.05) is 16.0 Å². The van der Waals surface area contributed by atoms with E-state index >= 15 is 0 Å². The predicted octanol–water partition coefficient (Wildman–Crippen LogP) is 5.05. The lowest BCUT2D eigenvalue weighted by molar-refractivity contribution is 0.0636. The zero-order valence-corrected chi connectivity index (χ0v) is 17.5. The van der Waals surface area contributed by atoms with Gasteiger partial charge in [0.25, 0.3) is 0 Å². The zero-order valence-electron chi connectivity index (χ0n) is 17.5. The van der Waals surface area contributed by atoms with Crippen molar-refractivity contribution >= 4 is 23.4 Å². The first-order valence-corrected chi connectivity index (χ1v) is 9.80. The Morgan fingerprint density at radius 1 is 0.867 bits per heavy atom. The molecule has 0 bridgehead atoms. The number of ether oxygens (including phenoxy) is 1. The van der Waals surface area contributed by atoms with E-state index in [2.05, 4.69) is 50.2 Å². The summed E-state index contributed by atoms with van der Waals surface area (Å²) in [6, 6.07) is 17.7.